The maximum Gasteiger partial charge on any atom is 0.304 e. The van der Waals surface area contributed by atoms with Crippen LogP contribution >= 0.6 is 0 Å². The molecule has 0 unspecified atom stereocenters. The Morgan fingerprint density at radius 2 is 2.15 bits per heavy atom. The second-order valence-electron chi connectivity index (χ2n) is 5.31. The molecular formula is C16H23NO3. The molecule has 1 aliphatic heterocycles. The number of benzene rings is 1. The topological polar surface area (TPSA) is 49.8 Å². The van der Waals surface area contributed by atoms with E-state index in [1.54, 1.807) is 0 Å². The molecule has 0 amide bonds. The minimum atomic E-state index is -0.725. The van der Waals surface area contributed by atoms with Gasteiger partial charge in [-0.15, -0.1) is 0 Å². The molecule has 20 heavy (non-hydrogen) atoms. The summed E-state index contributed by atoms with van der Waals surface area (Å²) >= 11 is 0. The van der Waals surface area contributed by atoms with Crippen molar-refractivity contribution in [2.24, 2.45) is 0 Å². The Bertz CT molecular complexity index is 407. The molecule has 1 heterocycles. The van der Waals surface area contributed by atoms with Gasteiger partial charge in [-0.05, 0) is 24.8 Å². The Morgan fingerprint density at radius 1 is 1.35 bits per heavy atom. The van der Waals surface area contributed by atoms with Crippen molar-refractivity contribution in [3.63, 3.8) is 0 Å². The lowest BCUT2D eigenvalue weighted by Gasteiger charge is -2.15. The number of hydrogen-bond acceptors (Lipinski definition) is 3. The summed E-state index contributed by atoms with van der Waals surface area (Å²) in [6.07, 6.45) is 3.61. The molecular weight excluding hydrogens is 254 g/mol. The smallest absolute Gasteiger partial charge is 0.304 e. The van der Waals surface area contributed by atoms with E-state index in [0.717, 1.165) is 39.0 Å². The molecule has 0 saturated carbocycles. The Labute approximate surface area is 120 Å². The fraction of sp³-hybridized carbons (Fsp3) is 0.562. The van der Waals surface area contributed by atoms with Crippen molar-refractivity contribution < 1.29 is 14.6 Å². The Hall–Kier alpha value is -1.39. The molecule has 1 aromatic rings. The van der Waals surface area contributed by atoms with Crippen molar-refractivity contribution in [3.05, 3.63) is 35.9 Å². The second kappa shape index (κ2) is 8.02. The summed E-state index contributed by atoms with van der Waals surface area (Å²) in [6, 6.07) is 10.4. The van der Waals surface area contributed by atoms with E-state index in [4.69, 9.17) is 9.84 Å². The van der Waals surface area contributed by atoms with Gasteiger partial charge in [0.1, 0.15) is 0 Å². The Morgan fingerprint density at radius 3 is 2.90 bits per heavy atom. The van der Waals surface area contributed by atoms with E-state index < -0.39 is 5.97 Å². The summed E-state index contributed by atoms with van der Waals surface area (Å²) in [5, 5.41) is 8.66. The van der Waals surface area contributed by atoms with Crippen molar-refractivity contribution in [3.8, 4) is 0 Å². The molecule has 2 rings (SSSR count). The quantitative estimate of drug-likeness (QED) is 0.740. The lowest BCUT2D eigenvalue weighted by Crippen LogP contribution is -2.26. The van der Waals surface area contributed by atoms with Gasteiger partial charge >= 0.3 is 5.97 Å². The molecule has 0 aromatic heterocycles. The van der Waals surface area contributed by atoms with Gasteiger partial charge in [-0.3, -0.25) is 4.79 Å². The fourth-order valence-electron chi connectivity index (χ4n) is 2.56. The Kier molecular flexibility index (Phi) is 6.02. The summed E-state index contributed by atoms with van der Waals surface area (Å²) in [5.41, 5.74) is 1.35. The summed E-state index contributed by atoms with van der Waals surface area (Å²) < 4.78 is 5.87. The number of aryl methyl sites for hydroxylation is 1. The highest BCUT2D eigenvalue weighted by Gasteiger charge is 2.22. The minimum Gasteiger partial charge on any atom is -0.481 e. The standard InChI is InChI=1S/C16H23NO3/c18-16(19)9-11-17-10-8-15(13-17)20-12-4-7-14-5-2-1-3-6-14/h1-3,5-6,15H,4,7-13H2,(H,18,19)/t15-/m1/s1. The first kappa shape index (κ1) is 15.0. The largest absolute Gasteiger partial charge is 0.481 e. The number of carboxylic acid groups (broad SMARTS) is 1. The normalized spacial score (nSPS) is 19.3. The fourth-order valence-corrected chi connectivity index (χ4v) is 2.56. The molecule has 0 spiro atoms. The molecule has 0 aliphatic carbocycles. The number of ether oxygens (including phenoxy) is 1. The molecule has 1 aliphatic rings. The lowest BCUT2D eigenvalue weighted by atomic mass is 10.1. The van der Waals surface area contributed by atoms with E-state index in [-0.39, 0.29) is 12.5 Å². The third-order valence-corrected chi connectivity index (χ3v) is 3.68. The number of aliphatic carboxylic acids is 1. The molecule has 1 fully saturated rings. The van der Waals surface area contributed by atoms with E-state index in [1.807, 2.05) is 6.07 Å². The van der Waals surface area contributed by atoms with Crippen LogP contribution < -0.4 is 0 Å². The summed E-state index contributed by atoms with van der Waals surface area (Å²) in [7, 11) is 0. The first-order chi connectivity index (χ1) is 9.74. The van der Waals surface area contributed by atoms with E-state index in [9.17, 15) is 4.79 Å². The van der Waals surface area contributed by atoms with Crippen LogP contribution in [0.3, 0.4) is 0 Å². The van der Waals surface area contributed by atoms with Gasteiger partial charge in [0.2, 0.25) is 0 Å². The highest BCUT2D eigenvalue weighted by Crippen LogP contribution is 2.13. The van der Waals surface area contributed by atoms with E-state index in [0.29, 0.717) is 6.54 Å². The molecule has 1 atom stereocenters. The maximum absolute atomic E-state index is 10.5. The molecule has 1 aromatic carbocycles. The molecule has 1 N–H and O–H groups in total. The molecule has 4 nitrogen and oxygen atoms in total. The number of rotatable bonds is 8. The monoisotopic (exact) mass is 277 g/mol. The van der Waals surface area contributed by atoms with Crippen molar-refractivity contribution in [2.75, 3.05) is 26.2 Å². The highest BCUT2D eigenvalue weighted by atomic mass is 16.5. The van der Waals surface area contributed by atoms with Crippen molar-refractivity contribution in [1.29, 1.82) is 0 Å². The van der Waals surface area contributed by atoms with Crippen LogP contribution in [-0.2, 0) is 16.0 Å². The number of carbonyl (C=O) groups is 1. The van der Waals surface area contributed by atoms with Gasteiger partial charge in [0.15, 0.2) is 0 Å². The average molecular weight is 277 g/mol. The van der Waals surface area contributed by atoms with Crippen molar-refractivity contribution in [1.82, 2.24) is 4.90 Å². The van der Waals surface area contributed by atoms with E-state index in [1.165, 1.54) is 5.56 Å². The van der Waals surface area contributed by atoms with Crippen LogP contribution in [0, 0.1) is 0 Å². The minimum absolute atomic E-state index is 0.223. The number of likely N-dealkylation sites (tertiary alicyclic amines) is 1. The average Bonchev–Trinajstić information content (AvgIpc) is 2.90. The molecule has 1 saturated heterocycles. The van der Waals surface area contributed by atoms with Gasteiger partial charge < -0.3 is 14.7 Å². The number of carboxylic acids is 1. The van der Waals surface area contributed by atoms with Gasteiger partial charge in [-0.25, -0.2) is 0 Å². The first-order valence-electron chi connectivity index (χ1n) is 7.34. The third-order valence-electron chi connectivity index (χ3n) is 3.68. The second-order valence-corrected chi connectivity index (χ2v) is 5.31. The summed E-state index contributed by atoms with van der Waals surface area (Å²) in [6.45, 7) is 3.25. The summed E-state index contributed by atoms with van der Waals surface area (Å²) in [5.74, 6) is -0.725. The number of hydrogen-bond donors (Lipinski definition) is 1. The van der Waals surface area contributed by atoms with Crippen LogP contribution in [0.15, 0.2) is 30.3 Å². The first-order valence-corrected chi connectivity index (χ1v) is 7.34. The van der Waals surface area contributed by atoms with Gasteiger partial charge in [-0.2, -0.15) is 0 Å². The number of nitrogens with zero attached hydrogens (tertiary/aromatic N) is 1. The predicted octanol–water partition coefficient (Wildman–Crippen LogP) is 2.18. The zero-order chi connectivity index (χ0) is 14.2. The SMILES string of the molecule is O=C(O)CCN1CC[C@@H](OCCCc2ccccc2)C1. The van der Waals surface area contributed by atoms with E-state index >= 15 is 0 Å². The third kappa shape index (κ3) is 5.31. The lowest BCUT2D eigenvalue weighted by molar-refractivity contribution is -0.137. The van der Waals surface area contributed by atoms with Crippen LogP contribution in [0.2, 0.25) is 0 Å². The van der Waals surface area contributed by atoms with Crippen LogP contribution in [0.5, 0.6) is 0 Å². The van der Waals surface area contributed by atoms with Crippen LogP contribution in [0.1, 0.15) is 24.8 Å². The molecule has 0 radical (unpaired) electrons. The van der Waals surface area contributed by atoms with Crippen LogP contribution in [-0.4, -0.2) is 48.3 Å². The Balaban J connectivity index is 1.56. The molecule has 0 bridgehead atoms. The summed E-state index contributed by atoms with van der Waals surface area (Å²) in [4.78, 5) is 12.7. The van der Waals surface area contributed by atoms with Gasteiger partial charge in [0.05, 0.1) is 12.5 Å². The van der Waals surface area contributed by atoms with Crippen molar-refractivity contribution in [2.45, 2.75) is 31.8 Å². The predicted molar refractivity (Wildman–Crippen MR) is 77.8 cm³/mol. The van der Waals surface area contributed by atoms with Crippen LogP contribution in [0.25, 0.3) is 0 Å². The zero-order valence-corrected chi connectivity index (χ0v) is 11.8. The van der Waals surface area contributed by atoms with Gasteiger partial charge in [0.25, 0.3) is 0 Å². The highest BCUT2D eigenvalue weighted by molar-refractivity contribution is 5.66. The van der Waals surface area contributed by atoms with E-state index in [2.05, 4.69) is 29.2 Å². The molecule has 4 heteroatoms. The van der Waals surface area contributed by atoms with Gasteiger partial charge in [0, 0.05) is 26.2 Å². The maximum atomic E-state index is 10.5. The molecule has 110 valence electrons. The van der Waals surface area contributed by atoms with Crippen molar-refractivity contribution >= 4 is 5.97 Å². The zero-order valence-electron chi connectivity index (χ0n) is 11.8. The van der Waals surface area contributed by atoms with Gasteiger partial charge in [-0.1, -0.05) is 30.3 Å². The van der Waals surface area contributed by atoms with Crippen LogP contribution in [0.4, 0.5) is 0 Å².